The maximum Gasteiger partial charge on any atom is 0.323 e. The van der Waals surface area contributed by atoms with E-state index in [1.54, 1.807) is 6.92 Å². The molecule has 0 aliphatic carbocycles. The Labute approximate surface area is 122 Å². The van der Waals surface area contributed by atoms with E-state index in [0.29, 0.717) is 19.1 Å². The van der Waals surface area contributed by atoms with Crippen LogP contribution in [0.4, 0.5) is 11.9 Å². The van der Waals surface area contributed by atoms with Gasteiger partial charge in [-0.25, -0.2) is 0 Å². The van der Waals surface area contributed by atoms with Gasteiger partial charge in [0.05, 0.1) is 6.61 Å². The lowest BCUT2D eigenvalue weighted by Gasteiger charge is -2.31. The molecule has 0 bridgehead atoms. The van der Waals surface area contributed by atoms with Gasteiger partial charge in [-0.3, -0.25) is 14.9 Å². The van der Waals surface area contributed by atoms with Crippen LogP contribution in [0.5, 0.6) is 6.01 Å². The Hall–Kier alpha value is -2.45. The van der Waals surface area contributed by atoms with E-state index in [1.807, 2.05) is 13.8 Å². The molecule has 0 aromatic carbocycles. The summed E-state index contributed by atoms with van der Waals surface area (Å²) in [5, 5.41) is 5.24. The van der Waals surface area contributed by atoms with Gasteiger partial charge in [0.15, 0.2) is 0 Å². The van der Waals surface area contributed by atoms with Crippen LogP contribution in [0.1, 0.15) is 20.8 Å². The summed E-state index contributed by atoms with van der Waals surface area (Å²) in [6.45, 7) is 6.45. The molecule has 1 aromatic rings. The SMILES string of the molecule is CCNc1nc(OCC)nc(N2CC(=O)NC(=O)C2C)n1. The van der Waals surface area contributed by atoms with Gasteiger partial charge < -0.3 is 15.0 Å². The van der Waals surface area contributed by atoms with Crippen molar-refractivity contribution in [3.05, 3.63) is 0 Å². The van der Waals surface area contributed by atoms with E-state index in [1.165, 1.54) is 4.90 Å². The molecule has 1 saturated heterocycles. The first kappa shape index (κ1) is 14.9. The van der Waals surface area contributed by atoms with E-state index in [2.05, 4.69) is 25.6 Å². The lowest BCUT2D eigenvalue weighted by molar-refractivity contribution is -0.132. The molecule has 0 spiro atoms. The average Bonchev–Trinajstić information content (AvgIpc) is 2.43. The summed E-state index contributed by atoms with van der Waals surface area (Å²) < 4.78 is 5.30. The third-order valence-corrected chi connectivity index (χ3v) is 2.89. The van der Waals surface area contributed by atoms with Gasteiger partial charge in [0.2, 0.25) is 23.7 Å². The number of rotatable bonds is 5. The zero-order valence-corrected chi connectivity index (χ0v) is 12.2. The highest BCUT2D eigenvalue weighted by Crippen LogP contribution is 2.18. The molecule has 1 fully saturated rings. The van der Waals surface area contributed by atoms with Crippen molar-refractivity contribution in [3.63, 3.8) is 0 Å². The first-order valence-electron chi connectivity index (χ1n) is 6.78. The highest BCUT2D eigenvalue weighted by molar-refractivity contribution is 6.04. The number of aromatic nitrogens is 3. The summed E-state index contributed by atoms with van der Waals surface area (Å²) in [5.74, 6) is -0.187. The molecule has 1 aliphatic rings. The van der Waals surface area contributed by atoms with Crippen molar-refractivity contribution in [3.8, 4) is 6.01 Å². The summed E-state index contributed by atoms with van der Waals surface area (Å²) in [4.78, 5) is 37.3. The molecule has 21 heavy (non-hydrogen) atoms. The number of ether oxygens (including phenoxy) is 1. The molecule has 2 N–H and O–H groups in total. The van der Waals surface area contributed by atoms with Gasteiger partial charge in [-0.15, -0.1) is 0 Å². The Morgan fingerprint density at radius 3 is 2.76 bits per heavy atom. The van der Waals surface area contributed by atoms with Crippen LogP contribution in [0.15, 0.2) is 0 Å². The van der Waals surface area contributed by atoms with Crippen LogP contribution in [0, 0.1) is 0 Å². The van der Waals surface area contributed by atoms with Crippen LogP contribution >= 0.6 is 0 Å². The van der Waals surface area contributed by atoms with Crippen LogP contribution in [-0.2, 0) is 9.59 Å². The van der Waals surface area contributed by atoms with Gasteiger partial charge in [-0.05, 0) is 20.8 Å². The molecule has 1 atom stereocenters. The highest BCUT2D eigenvalue weighted by Gasteiger charge is 2.32. The molecule has 2 rings (SSSR count). The maximum atomic E-state index is 11.7. The van der Waals surface area contributed by atoms with Gasteiger partial charge >= 0.3 is 6.01 Å². The highest BCUT2D eigenvalue weighted by atomic mass is 16.5. The molecular weight excluding hydrogens is 276 g/mol. The lowest BCUT2D eigenvalue weighted by Crippen LogP contribution is -2.57. The Morgan fingerprint density at radius 2 is 2.10 bits per heavy atom. The summed E-state index contributed by atoms with van der Waals surface area (Å²) in [5.41, 5.74) is 0. The fourth-order valence-electron chi connectivity index (χ4n) is 1.86. The molecule has 1 unspecified atom stereocenters. The average molecular weight is 294 g/mol. The number of nitrogens with one attached hydrogen (secondary N) is 2. The monoisotopic (exact) mass is 294 g/mol. The van der Waals surface area contributed by atoms with Crippen molar-refractivity contribution >= 4 is 23.7 Å². The topological polar surface area (TPSA) is 109 Å². The summed E-state index contributed by atoms with van der Waals surface area (Å²) in [6.07, 6.45) is 0. The van der Waals surface area contributed by atoms with Crippen LogP contribution in [0.2, 0.25) is 0 Å². The first-order chi connectivity index (χ1) is 10.0. The molecule has 114 valence electrons. The standard InChI is InChI=1S/C12H18N6O3/c1-4-13-10-15-11(17-12(16-10)21-5-2)18-6-8(19)14-9(20)7(18)3/h7H,4-6H2,1-3H3,(H,14,19,20)(H,13,15,16,17). The van der Waals surface area contributed by atoms with Crippen molar-refractivity contribution in [2.75, 3.05) is 29.9 Å². The number of anilines is 2. The molecular formula is C12H18N6O3. The van der Waals surface area contributed by atoms with Crippen LogP contribution in [-0.4, -0.2) is 52.5 Å². The predicted octanol–water partition coefficient (Wildman–Crippen LogP) is -0.447. The van der Waals surface area contributed by atoms with Gasteiger partial charge in [0, 0.05) is 6.54 Å². The van der Waals surface area contributed by atoms with Gasteiger partial charge in [-0.1, -0.05) is 0 Å². The van der Waals surface area contributed by atoms with Crippen LogP contribution in [0.25, 0.3) is 0 Å². The second-order valence-electron chi connectivity index (χ2n) is 4.42. The summed E-state index contributed by atoms with van der Waals surface area (Å²) in [7, 11) is 0. The molecule has 0 saturated carbocycles. The van der Waals surface area contributed by atoms with E-state index in [4.69, 9.17) is 4.74 Å². The van der Waals surface area contributed by atoms with Gasteiger partial charge in [0.25, 0.3) is 0 Å². The number of piperazine rings is 1. The van der Waals surface area contributed by atoms with E-state index in [0.717, 1.165) is 0 Å². The zero-order chi connectivity index (χ0) is 15.4. The number of carbonyl (C=O) groups excluding carboxylic acids is 2. The molecule has 1 aliphatic heterocycles. The predicted molar refractivity (Wildman–Crippen MR) is 75.1 cm³/mol. The van der Waals surface area contributed by atoms with Gasteiger partial charge in [-0.2, -0.15) is 15.0 Å². The minimum Gasteiger partial charge on any atom is -0.464 e. The van der Waals surface area contributed by atoms with Crippen molar-refractivity contribution in [2.24, 2.45) is 0 Å². The fourth-order valence-corrected chi connectivity index (χ4v) is 1.86. The zero-order valence-electron chi connectivity index (χ0n) is 12.2. The van der Waals surface area contributed by atoms with Crippen molar-refractivity contribution in [1.29, 1.82) is 0 Å². The molecule has 1 aromatic heterocycles. The molecule has 9 heteroatoms. The number of carbonyl (C=O) groups is 2. The minimum absolute atomic E-state index is 0.00799. The Kier molecular flexibility index (Phi) is 4.51. The fraction of sp³-hybridized carbons (Fsp3) is 0.583. The van der Waals surface area contributed by atoms with E-state index < -0.39 is 6.04 Å². The minimum atomic E-state index is -0.547. The van der Waals surface area contributed by atoms with E-state index >= 15 is 0 Å². The maximum absolute atomic E-state index is 11.7. The third-order valence-electron chi connectivity index (χ3n) is 2.89. The second-order valence-corrected chi connectivity index (χ2v) is 4.42. The summed E-state index contributed by atoms with van der Waals surface area (Å²) >= 11 is 0. The second kappa shape index (κ2) is 6.33. The van der Waals surface area contributed by atoms with Crippen LogP contribution in [0.3, 0.4) is 0 Å². The summed E-state index contributed by atoms with van der Waals surface area (Å²) in [6, 6.07) is -0.391. The van der Waals surface area contributed by atoms with E-state index in [9.17, 15) is 9.59 Å². The number of imide groups is 1. The third kappa shape index (κ3) is 3.36. The van der Waals surface area contributed by atoms with Crippen molar-refractivity contribution in [2.45, 2.75) is 26.8 Å². The molecule has 2 amide bonds. The lowest BCUT2D eigenvalue weighted by atomic mass is 10.2. The van der Waals surface area contributed by atoms with Crippen molar-refractivity contribution in [1.82, 2.24) is 20.3 Å². The van der Waals surface area contributed by atoms with Crippen LogP contribution < -0.4 is 20.3 Å². The first-order valence-corrected chi connectivity index (χ1v) is 6.78. The molecule has 2 heterocycles. The number of nitrogens with zero attached hydrogens (tertiary/aromatic N) is 4. The molecule has 0 radical (unpaired) electrons. The Balaban J connectivity index is 2.36. The largest absolute Gasteiger partial charge is 0.464 e. The van der Waals surface area contributed by atoms with Gasteiger partial charge in [0.1, 0.15) is 12.6 Å². The van der Waals surface area contributed by atoms with Crippen molar-refractivity contribution < 1.29 is 14.3 Å². The normalized spacial score (nSPS) is 18.4. The van der Waals surface area contributed by atoms with E-state index in [-0.39, 0.29) is 30.3 Å². The molecule has 9 nitrogen and oxygen atoms in total. The number of hydrogen-bond acceptors (Lipinski definition) is 8. The number of hydrogen-bond donors (Lipinski definition) is 2. The number of amides is 2. The quantitative estimate of drug-likeness (QED) is 0.703. The Bertz CT molecular complexity index is 526. The Morgan fingerprint density at radius 1 is 1.33 bits per heavy atom. The smallest absolute Gasteiger partial charge is 0.323 e.